The fraction of sp³-hybridized carbons (Fsp3) is 0.564. The Morgan fingerprint density at radius 2 is 1.69 bits per heavy atom. The highest BCUT2D eigenvalue weighted by molar-refractivity contribution is 6.35. The SMILES string of the molecule is COC(=O)[C@]12C[C@H](CC(=O)NCC34CC5CC(CC(C5)C3)C4)C(=O)N(Cc3ccc(Cl)cc3Cl)C1=C[C@H](COCc1ccccc1)O[C@@H]2C. The number of carbonyl (C=O) groups excluding carboxylic acids is 3. The van der Waals surface area contributed by atoms with E-state index in [9.17, 15) is 14.4 Å². The molecule has 49 heavy (non-hydrogen) atoms. The molecule has 4 aliphatic carbocycles. The lowest BCUT2D eigenvalue weighted by Crippen LogP contribution is -2.60. The molecule has 6 aliphatic rings. The molecule has 4 saturated carbocycles. The summed E-state index contributed by atoms with van der Waals surface area (Å²) in [6, 6.07) is 15.0. The second-order valence-electron chi connectivity index (χ2n) is 15.3. The quantitative estimate of drug-likeness (QED) is 0.250. The molecule has 2 aromatic carbocycles. The summed E-state index contributed by atoms with van der Waals surface area (Å²) in [5.74, 6) is 0.664. The Balaban J connectivity index is 1.14. The first kappa shape index (κ1) is 34.5. The molecule has 8 nitrogen and oxygen atoms in total. The van der Waals surface area contributed by atoms with E-state index in [1.165, 1.54) is 45.6 Å². The lowest BCUT2D eigenvalue weighted by Gasteiger charge is -2.57. The minimum atomic E-state index is -1.32. The molecule has 10 heteroatoms. The molecule has 2 heterocycles. The van der Waals surface area contributed by atoms with E-state index >= 15 is 0 Å². The van der Waals surface area contributed by atoms with Crippen LogP contribution in [0.25, 0.3) is 0 Å². The van der Waals surface area contributed by atoms with Gasteiger partial charge in [-0.2, -0.15) is 0 Å². The number of ether oxygens (including phenoxy) is 3. The molecule has 5 fully saturated rings. The number of likely N-dealkylation sites (tertiary alicyclic amines) is 1. The van der Waals surface area contributed by atoms with Crippen LogP contribution in [0.2, 0.25) is 10.0 Å². The van der Waals surface area contributed by atoms with E-state index in [1.807, 2.05) is 43.3 Å². The van der Waals surface area contributed by atoms with Gasteiger partial charge in [-0.15, -0.1) is 0 Å². The van der Waals surface area contributed by atoms with E-state index in [1.54, 1.807) is 23.1 Å². The summed E-state index contributed by atoms with van der Waals surface area (Å²) in [6.07, 6.45) is 8.24. The summed E-state index contributed by atoms with van der Waals surface area (Å²) in [7, 11) is 1.35. The maximum atomic E-state index is 14.5. The van der Waals surface area contributed by atoms with Gasteiger partial charge in [-0.1, -0.05) is 59.6 Å². The van der Waals surface area contributed by atoms with Crippen LogP contribution in [0.15, 0.2) is 60.3 Å². The number of amides is 2. The molecule has 4 bridgehead atoms. The number of nitrogens with one attached hydrogen (secondary N) is 1. The van der Waals surface area contributed by atoms with Crippen molar-refractivity contribution < 1.29 is 28.6 Å². The molecule has 0 unspecified atom stereocenters. The van der Waals surface area contributed by atoms with E-state index in [0.29, 0.717) is 34.5 Å². The Morgan fingerprint density at radius 3 is 2.35 bits per heavy atom. The Morgan fingerprint density at radius 1 is 1.00 bits per heavy atom. The third-order valence-corrected chi connectivity index (χ3v) is 12.5. The molecular formula is C39H46Cl2N2O6. The Hall–Kier alpha value is -2.91. The monoisotopic (exact) mass is 708 g/mol. The number of halogens is 2. The van der Waals surface area contributed by atoms with Gasteiger partial charge in [0.15, 0.2) is 0 Å². The van der Waals surface area contributed by atoms with Crippen LogP contribution in [0.5, 0.6) is 0 Å². The first-order chi connectivity index (χ1) is 23.6. The maximum absolute atomic E-state index is 14.5. The second-order valence-corrected chi connectivity index (χ2v) is 16.1. The van der Waals surface area contributed by atoms with E-state index < -0.39 is 29.5 Å². The van der Waals surface area contributed by atoms with Crippen LogP contribution in [0, 0.1) is 34.5 Å². The minimum Gasteiger partial charge on any atom is -0.468 e. The first-order valence-corrected chi connectivity index (χ1v) is 18.4. The third-order valence-electron chi connectivity index (χ3n) is 11.9. The molecule has 1 N–H and O–H groups in total. The van der Waals surface area contributed by atoms with Gasteiger partial charge in [0.05, 0.1) is 33.0 Å². The van der Waals surface area contributed by atoms with Gasteiger partial charge >= 0.3 is 5.97 Å². The largest absolute Gasteiger partial charge is 0.468 e. The van der Waals surface area contributed by atoms with Crippen molar-refractivity contribution in [1.29, 1.82) is 0 Å². The predicted octanol–water partition coefficient (Wildman–Crippen LogP) is 7.11. The molecule has 0 spiro atoms. The summed E-state index contributed by atoms with van der Waals surface area (Å²) >= 11 is 12.8. The normalized spacial score (nSPS) is 33.2. The number of methoxy groups -OCH3 is 1. The van der Waals surface area contributed by atoms with Crippen molar-refractivity contribution in [2.45, 2.75) is 83.6 Å². The van der Waals surface area contributed by atoms with E-state index in [-0.39, 0.29) is 43.2 Å². The van der Waals surface area contributed by atoms with Crippen molar-refractivity contribution in [2.24, 2.45) is 34.5 Å². The molecule has 2 aromatic rings. The maximum Gasteiger partial charge on any atom is 0.320 e. The summed E-state index contributed by atoms with van der Waals surface area (Å²) in [5, 5.41) is 4.13. The minimum absolute atomic E-state index is 0.0294. The number of piperidine rings is 1. The third kappa shape index (κ3) is 6.91. The molecule has 8 rings (SSSR count). The van der Waals surface area contributed by atoms with Gasteiger partial charge in [0.2, 0.25) is 11.8 Å². The van der Waals surface area contributed by atoms with E-state index in [0.717, 1.165) is 23.3 Å². The number of rotatable bonds is 11. The number of carbonyl (C=O) groups is 3. The van der Waals surface area contributed by atoms with Gasteiger partial charge in [-0.05, 0) is 104 Å². The average molecular weight is 710 g/mol. The highest BCUT2D eigenvalue weighted by atomic mass is 35.5. The summed E-state index contributed by atoms with van der Waals surface area (Å²) in [6.45, 7) is 3.19. The van der Waals surface area contributed by atoms with Crippen LogP contribution in [-0.2, 0) is 41.7 Å². The predicted molar refractivity (Wildman–Crippen MR) is 186 cm³/mol. The van der Waals surface area contributed by atoms with Crippen molar-refractivity contribution >= 4 is 41.0 Å². The zero-order valence-electron chi connectivity index (χ0n) is 28.3. The number of hydrogen-bond acceptors (Lipinski definition) is 6. The summed E-state index contributed by atoms with van der Waals surface area (Å²) in [5.41, 5.74) is 1.04. The summed E-state index contributed by atoms with van der Waals surface area (Å²) < 4.78 is 17.9. The molecule has 2 aliphatic heterocycles. The molecular weight excluding hydrogens is 663 g/mol. The molecule has 2 amide bonds. The van der Waals surface area contributed by atoms with Gasteiger partial charge in [-0.25, -0.2) is 0 Å². The fourth-order valence-corrected chi connectivity index (χ4v) is 10.6. The molecule has 0 radical (unpaired) electrons. The van der Waals surface area contributed by atoms with Crippen LogP contribution in [0.3, 0.4) is 0 Å². The number of nitrogens with zero attached hydrogens (tertiary/aromatic N) is 1. The highest BCUT2D eigenvalue weighted by Gasteiger charge is 2.60. The number of hydrogen-bond donors (Lipinski definition) is 1. The standard InChI is InChI=1S/C39H46Cl2N2O6/c1-24-39(37(46)47-2)19-30(13-35(44)42-23-38-16-26-10-27(17-38)12-28(11-26)18-38)36(45)43(20-29-8-9-31(40)14-33(29)41)34(39)15-32(49-24)22-48-21-25-6-4-3-5-7-25/h3-9,14-15,24,26-28,30,32H,10-13,16-23H2,1-2H3,(H,42,44)/t24-,26?,27?,28?,30+,32-,38?,39+/m1/s1. The Kier molecular flexibility index (Phi) is 9.88. The van der Waals surface area contributed by atoms with Gasteiger partial charge in [0.1, 0.15) is 11.5 Å². The Labute approximate surface area is 298 Å². The van der Waals surface area contributed by atoms with Crippen molar-refractivity contribution in [3.8, 4) is 0 Å². The van der Waals surface area contributed by atoms with Crippen LogP contribution in [-0.4, -0.2) is 55.2 Å². The lowest BCUT2D eigenvalue weighted by molar-refractivity contribution is -0.178. The van der Waals surface area contributed by atoms with Crippen molar-refractivity contribution in [3.63, 3.8) is 0 Å². The average Bonchev–Trinajstić information content (AvgIpc) is 3.07. The van der Waals surface area contributed by atoms with Crippen LogP contribution in [0.4, 0.5) is 0 Å². The number of benzene rings is 2. The highest BCUT2D eigenvalue weighted by Crippen LogP contribution is 2.60. The fourth-order valence-electron chi connectivity index (χ4n) is 10.1. The van der Waals surface area contributed by atoms with Crippen LogP contribution in [0.1, 0.15) is 69.4 Å². The lowest BCUT2D eigenvalue weighted by atomic mass is 9.49. The molecule has 0 aromatic heterocycles. The van der Waals surface area contributed by atoms with Crippen molar-refractivity contribution in [2.75, 3.05) is 20.3 Å². The zero-order valence-corrected chi connectivity index (χ0v) is 29.8. The number of esters is 1. The Bertz CT molecular complexity index is 1580. The van der Waals surface area contributed by atoms with Gasteiger partial charge in [0, 0.05) is 34.6 Å². The zero-order chi connectivity index (χ0) is 34.3. The van der Waals surface area contributed by atoms with Crippen LogP contribution >= 0.6 is 23.2 Å². The molecule has 262 valence electrons. The van der Waals surface area contributed by atoms with Gasteiger partial charge in [0.25, 0.3) is 0 Å². The van der Waals surface area contributed by atoms with Gasteiger partial charge < -0.3 is 24.4 Å². The van der Waals surface area contributed by atoms with E-state index in [4.69, 9.17) is 37.4 Å². The van der Waals surface area contributed by atoms with Gasteiger partial charge in [-0.3, -0.25) is 14.4 Å². The van der Waals surface area contributed by atoms with Crippen molar-refractivity contribution in [3.05, 3.63) is 81.5 Å². The molecule has 4 atom stereocenters. The smallest absolute Gasteiger partial charge is 0.320 e. The second kappa shape index (κ2) is 14.0. The van der Waals surface area contributed by atoms with Crippen molar-refractivity contribution in [1.82, 2.24) is 10.2 Å². The number of fused-ring (bicyclic) bond motifs is 1. The molecule has 1 saturated heterocycles. The topological polar surface area (TPSA) is 94.2 Å². The summed E-state index contributed by atoms with van der Waals surface area (Å²) in [4.78, 5) is 43.7. The van der Waals surface area contributed by atoms with E-state index in [2.05, 4.69) is 5.32 Å². The first-order valence-electron chi connectivity index (χ1n) is 17.7. The van der Waals surface area contributed by atoms with Crippen LogP contribution < -0.4 is 5.32 Å².